The van der Waals surface area contributed by atoms with Gasteiger partial charge in [-0.05, 0) is 65.1 Å². The number of methoxy groups -OCH3 is 1. The third kappa shape index (κ3) is 3.80. The van der Waals surface area contributed by atoms with Gasteiger partial charge >= 0.3 is 5.97 Å². The average Bonchev–Trinajstić information content (AvgIpc) is 2.72. The zero-order valence-corrected chi connectivity index (χ0v) is 18.5. The van der Waals surface area contributed by atoms with E-state index in [9.17, 15) is 9.59 Å². The number of Topliss-reactive ketones (excluding diaryl/α,β-unsaturated/α-hetero) is 1. The molecule has 0 amide bonds. The lowest BCUT2D eigenvalue weighted by atomic mass is 9.69. The fourth-order valence-corrected chi connectivity index (χ4v) is 5.08. The summed E-state index contributed by atoms with van der Waals surface area (Å²) in [5.74, 6) is -1.08. The maximum atomic E-state index is 13.4. The number of esters is 1. The Morgan fingerprint density at radius 2 is 1.79 bits per heavy atom. The lowest BCUT2D eigenvalue weighted by molar-refractivity contribution is -0.143. The second-order valence-corrected chi connectivity index (χ2v) is 8.83. The average molecular weight is 499 g/mol. The molecule has 1 heterocycles. The van der Waals surface area contributed by atoms with Crippen LogP contribution in [0.4, 0.5) is 0 Å². The van der Waals surface area contributed by atoms with E-state index in [1.807, 2.05) is 49.4 Å². The van der Waals surface area contributed by atoms with E-state index < -0.39 is 5.92 Å². The van der Waals surface area contributed by atoms with Crippen LogP contribution in [0.25, 0.3) is 0 Å². The number of aliphatic imine (C=N–C) groups is 1. The molecule has 2 aromatic rings. The molecule has 29 heavy (non-hydrogen) atoms. The summed E-state index contributed by atoms with van der Waals surface area (Å²) in [7, 11) is 1.39. The van der Waals surface area contributed by atoms with Gasteiger partial charge in [0.05, 0.1) is 7.11 Å². The molecular weight excluding hydrogens is 477 g/mol. The fourth-order valence-electron chi connectivity index (χ4n) is 4.51. The van der Waals surface area contributed by atoms with Gasteiger partial charge in [-0.25, -0.2) is 0 Å². The molecule has 1 aliphatic carbocycles. The summed E-state index contributed by atoms with van der Waals surface area (Å²) in [5, 5.41) is 0. The molecule has 0 bridgehead atoms. The van der Waals surface area contributed by atoms with Crippen molar-refractivity contribution in [2.75, 3.05) is 7.11 Å². The molecule has 0 spiro atoms. The van der Waals surface area contributed by atoms with E-state index in [2.05, 4.69) is 34.7 Å². The highest BCUT2D eigenvalue weighted by molar-refractivity contribution is 14.1. The van der Waals surface area contributed by atoms with Crippen LogP contribution in [0.2, 0.25) is 0 Å². The van der Waals surface area contributed by atoms with E-state index in [4.69, 9.17) is 9.73 Å². The second kappa shape index (κ2) is 8.22. The molecule has 0 radical (unpaired) electrons. The number of rotatable bonds is 3. The van der Waals surface area contributed by atoms with E-state index >= 15 is 0 Å². The van der Waals surface area contributed by atoms with E-state index in [1.54, 1.807) is 0 Å². The van der Waals surface area contributed by atoms with Crippen LogP contribution in [0.3, 0.4) is 0 Å². The molecule has 4 rings (SSSR count). The normalized spacial score (nSPS) is 24.0. The molecular formula is C24H22INO3. The first-order valence-corrected chi connectivity index (χ1v) is 10.8. The van der Waals surface area contributed by atoms with Crippen molar-refractivity contribution in [2.24, 2.45) is 10.9 Å². The number of carbonyl (C=O) groups excluding carboxylic acids is 2. The van der Waals surface area contributed by atoms with E-state index in [0.717, 1.165) is 20.4 Å². The monoisotopic (exact) mass is 499 g/mol. The predicted molar refractivity (Wildman–Crippen MR) is 121 cm³/mol. The van der Waals surface area contributed by atoms with Crippen LogP contribution in [0.1, 0.15) is 42.7 Å². The van der Waals surface area contributed by atoms with Gasteiger partial charge in [-0.2, -0.15) is 0 Å². The Balaban J connectivity index is 1.83. The quantitative estimate of drug-likeness (QED) is 0.440. The molecule has 5 heteroatoms. The first kappa shape index (κ1) is 20.0. The molecule has 0 saturated heterocycles. The second-order valence-electron chi connectivity index (χ2n) is 7.59. The minimum atomic E-state index is -0.575. The Bertz CT molecular complexity index is 1030. The number of allylic oxidation sites excluding steroid dienone is 2. The topological polar surface area (TPSA) is 55.7 Å². The number of ether oxygens (including phenoxy) is 1. The van der Waals surface area contributed by atoms with Gasteiger partial charge in [-0.3, -0.25) is 14.6 Å². The molecule has 1 aliphatic heterocycles. The SMILES string of the molecule is COC(=O)C1C(C)=NC2=C(C(=O)C[C@@H](c3ccccc3)C2)[C@@H]1c1cccc(I)c1. The largest absolute Gasteiger partial charge is 0.468 e. The number of nitrogens with zero attached hydrogens (tertiary/aromatic N) is 1. The number of carbonyl (C=O) groups is 2. The van der Waals surface area contributed by atoms with Crippen LogP contribution in [0.5, 0.6) is 0 Å². The molecule has 0 aromatic heterocycles. The summed E-state index contributed by atoms with van der Waals surface area (Å²) in [4.78, 5) is 30.8. The van der Waals surface area contributed by atoms with Crippen LogP contribution in [0, 0.1) is 9.49 Å². The molecule has 4 nitrogen and oxygen atoms in total. The Hall–Kier alpha value is -2.28. The van der Waals surface area contributed by atoms with Crippen LogP contribution < -0.4 is 0 Å². The standard InChI is InChI=1S/C24H22INO3/c1-14-21(24(28)29-2)22(16-9-6-10-18(25)11-16)23-19(26-14)12-17(13-20(23)27)15-7-4-3-5-8-15/h3-11,17,21-22H,12-13H2,1-2H3/t17-,21?,22+/m0/s1. The summed E-state index contributed by atoms with van der Waals surface area (Å²) in [5.41, 5.74) is 4.32. The van der Waals surface area contributed by atoms with Crippen LogP contribution in [0.15, 0.2) is 70.9 Å². The minimum Gasteiger partial charge on any atom is -0.468 e. The van der Waals surface area contributed by atoms with Gasteiger partial charge in [0, 0.05) is 32.9 Å². The van der Waals surface area contributed by atoms with Crippen molar-refractivity contribution in [3.05, 3.63) is 80.6 Å². The van der Waals surface area contributed by atoms with E-state index in [-0.39, 0.29) is 23.6 Å². The molecule has 0 N–H and O–H groups in total. The summed E-state index contributed by atoms with van der Waals surface area (Å²) < 4.78 is 6.16. The highest BCUT2D eigenvalue weighted by atomic mass is 127. The highest BCUT2D eigenvalue weighted by Gasteiger charge is 2.44. The van der Waals surface area contributed by atoms with Gasteiger partial charge in [-0.15, -0.1) is 0 Å². The Morgan fingerprint density at radius 3 is 2.48 bits per heavy atom. The Morgan fingerprint density at radius 1 is 1.07 bits per heavy atom. The summed E-state index contributed by atoms with van der Waals surface area (Å²) in [6.45, 7) is 1.86. The van der Waals surface area contributed by atoms with Gasteiger partial charge < -0.3 is 4.74 Å². The number of halogens is 1. The zero-order valence-electron chi connectivity index (χ0n) is 16.4. The molecule has 3 atom stereocenters. The molecule has 0 fully saturated rings. The number of hydrogen-bond donors (Lipinski definition) is 0. The Labute approximate surface area is 184 Å². The van der Waals surface area contributed by atoms with Gasteiger partial charge in [0.1, 0.15) is 5.92 Å². The molecule has 148 valence electrons. The third-order valence-electron chi connectivity index (χ3n) is 5.82. The zero-order chi connectivity index (χ0) is 20.5. The van der Waals surface area contributed by atoms with Crippen molar-refractivity contribution < 1.29 is 14.3 Å². The fraction of sp³-hybridized carbons (Fsp3) is 0.292. The molecule has 0 saturated carbocycles. The summed E-state index contributed by atoms with van der Waals surface area (Å²) in [6.07, 6.45) is 1.14. The van der Waals surface area contributed by atoms with Crippen LogP contribution >= 0.6 is 22.6 Å². The van der Waals surface area contributed by atoms with Crippen molar-refractivity contribution in [1.82, 2.24) is 0 Å². The molecule has 2 aliphatic rings. The number of hydrogen-bond acceptors (Lipinski definition) is 4. The first-order chi connectivity index (χ1) is 14.0. The smallest absolute Gasteiger partial charge is 0.315 e. The summed E-state index contributed by atoms with van der Waals surface area (Å²) >= 11 is 2.26. The van der Waals surface area contributed by atoms with Crippen LogP contribution in [-0.2, 0) is 14.3 Å². The van der Waals surface area contributed by atoms with Crippen LogP contribution in [-0.4, -0.2) is 24.6 Å². The van der Waals surface area contributed by atoms with Gasteiger partial charge in [0.25, 0.3) is 0 Å². The van der Waals surface area contributed by atoms with E-state index in [0.29, 0.717) is 24.1 Å². The first-order valence-electron chi connectivity index (χ1n) is 9.69. The minimum absolute atomic E-state index is 0.0779. The van der Waals surface area contributed by atoms with Crippen molar-refractivity contribution in [2.45, 2.75) is 31.6 Å². The molecule has 1 unspecified atom stereocenters. The van der Waals surface area contributed by atoms with Crippen molar-refractivity contribution in [3.8, 4) is 0 Å². The molecule has 2 aromatic carbocycles. The van der Waals surface area contributed by atoms with Gasteiger partial charge in [0.2, 0.25) is 0 Å². The number of benzene rings is 2. The van der Waals surface area contributed by atoms with Gasteiger partial charge in [0.15, 0.2) is 5.78 Å². The van der Waals surface area contributed by atoms with Crippen molar-refractivity contribution >= 4 is 40.1 Å². The highest BCUT2D eigenvalue weighted by Crippen LogP contribution is 2.46. The van der Waals surface area contributed by atoms with Gasteiger partial charge in [-0.1, -0.05) is 42.5 Å². The predicted octanol–water partition coefficient (Wildman–Crippen LogP) is 5.04. The van der Waals surface area contributed by atoms with E-state index in [1.165, 1.54) is 7.11 Å². The lowest BCUT2D eigenvalue weighted by Gasteiger charge is -2.36. The maximum absolute atomic E-state index is 13.4. The Kier molecular flexibility index (Phi) is 5.67. The van der Waals surface area contributed by atoms with Crippen molar-refractivity contribution in [3.63, 3.8) is 0 Å². The number of ketones is 1. The van der Waals surface area contributed by atoms with Crippen molar-refractivity contribution in [1.29, 1.82) is 0 Å². The lowest BCUT2D eigenvalue weighted by Crippen LogP contribution is -2.37. The summed E-state index contributed by atoms with van der Waals surface area (Å²) in [6, 6.07) is 18.1. The maximum Gasteiger partial charge on any atom is 0.315 e. The third-order valence-corrected chi connectivity index (χ3v) is 6.49.